The molecule has 0 saturated carbocycles. The lowest BCUT2D eigenvalue weighted by Crippen LogP contribution is -2.33. The Hall–Kier alpha value is -4.74. The minimum atomic E-state index is -3.78. The highest BCUT2D eigenvalue weighted by Gasteiger charge is 2.34. The van der Waals surface area contributed by atoms with Crippen LogP contribution < -0.4 is 5.32 Å². The molecule has 1 amide bonds. The first-order chi connectivity index (χ1) is 22.2. The highest BCUT2D eigenvalue weighted by Crippen LogP contribution is 2.34. The number of anilines is 1. The molecule has 1 atom stereocenters. The van der Waals surface area contributed by atoms with E-state index in [9.17, 15) is 13.2 Å². The van der Waals surface area contributed by atoms with Crippen molar-refractivity contribution in [1.82, 2.24) is 29.3 Å². The number of fused-ring (bicyclic) bond motifs is 2. The lowest BCUT2D eigenvalue weighted by atomic mass is 9.91. The number of aryl methyl sites for hydroxylation is 3. The van der Waals surface area contributed by atoms with Crippen LogP contribution in [0.15, 0.2) is 84.2 Å². The standard InChI is InChI=1S/C35H37N7O3S/c1-5-25-17-31-33(10-8-16-37-31)46(44,45)41(21-25)22-27-18-26(12-11-23(27)3)30(19-34(43)38-28-9-7-15-36-20-28)29-13-14-32-35(24(29)4)39-40-42(32)6-2/h7-16,18-20,25H,5-6,17,21-22H2,1-4H3,(H,38,43)/t25-/m0/s1. The van der Waals surface area contributed by atoms with Gasteiger partial charge in [-0.05, 0) is 103 Å². The van der Waals surface area contributed by atoms with Gasteiger partial charge < -0.3 is 5.32 Å². The molecule has 1 aliphatic heterocycles. The van der Waals surface area contributed by atoms with E-state index >= 15 is 0 Å². The van der Waals surface area contributed by atoms with Crippen molar-refractivity contribution >= 4 is 38.2 Å². The van der Waals surface area contributed by atoms with Crippen LogP contribution in [0.4, 0.5) is 5.69 Å². The summed E-state index contributed by atoms with van der Waals surface area (Å²) in [5.74, 6) is -0.168. The van der Waals surface area contributed by atoms with Crippen LogP contribution in [-0.4, -0.2) is 50.1 Å². The second kappa shape index (κ2) is 12.9. The summed E-state index contributed by atoms with van der Waals surface area (Å²) < 4.78 is 31.3. The predicted octanol–water partition coefficient (Wildman–Crippen LogP) is 5.70. The van der Waals surface area contributed by atoms with E-state index in [0.29, 0.717) is 36.5 Å². The number of nitrogens with zero attached hydrogens (tertiary/aromatic N) is 6. The maximum atomic E-state index is 14.0. The average molecular weight is 636 g/mol. The third-order valence-electron chi connectivity index (χ3n) is 8.73. The minimum Gasteiger partial charge on any atom is -0.321 e. The van der Waals surface area contributed by atoms with Gasteiger partial charge >= 0.3 is 0 Å². The number of benzene rings is 2. The van der Waals surface area contributed by atoms with Gasteiger partial charge in [-0.25, -0.2) is 13.1 Å². The van der Waals surface area contributed by atoms with E-state index in [0.717, 1.165) is 45.3 Å². The number of rotatable bonds is 8. The molecule has 0 spiro atoms. The number of pyridine rings is 2. The molecule has 11 heteroatoms. The van der Waals surface area contributed by atoms with E-state index in [2.05, 4.69) is 32.5 Å². The van der Waals surface area contributed by atoms with Gasteiger partial charge in [0.2, 0.25) is 15.9 Å². The van der Waals surface area contributed by atoms with Crippen molar-refractivity contribution in [1.29, 1.82) is 0 Å². The Bertz CT molecular complexity index is 2060. The molecule has 5 aromatic rings. The van der Waals surface area contributed by atoms with E-state index in [1.54, 1.807) is 53.2 Å². The molecule has 0 fully saturated rings. The molecule has 46 heavy (non-hydrogen) atoms. The van der Waals surface area contributed by atoms with Crippen LogP contribution in [0.3, 0.4) is 0 Å². The Kier molecular flexibility index (Phi) is 8.79. The zero-order valence-corrected chi connectivity index (χ0v) is 27.3. The quantitative estimate of drug-likeness (QED) is 0.217. The summed E-state index contributed by atoms with van der Waals surface area (Å²) in [7, 11) is -3.78. The zero-order valence-electron chi connectivity index (χ0n) is 26.4. The van der Waals surface area contributed by atoms with Crippen LogP contribution in [0.1, 0.15) is 53.8 Å². The van der Waals surface area contributed by atoms with Gasteiger partial charge in [0.1, 0.15) is 10.4 Å². The second-order valence-corrected chi connectivity index (χ2v) is 13.6. The van der Waals surface area contributed by atoms with E-state index in [1.165, 1.54) is 0 Å². The lowest BCUT2D eigenvalue weighted by molar-refractivity contribution is -0.111. The molecule has 1 N–H and O–H groups in total. The maximum Gasteiger partial charge on any atom is 0.249 e. The third-order valence-corrected chi connectivity index (χ3v) is 10.6. The van der Waals surface area contributed by atoms with Gasteiger partial charge in [-0.2, -0.15) is 4.31 Å². The normalized spacial score (nSPS) is 16.6. The van der Waals surface area contributed by atoms with Crippen molar-refractivity contribution in [3.63, 3.8) is 0 Å². The molecule has 4 heterocycles. The summed E-state index contributed by atoms with van der Waals surface area (Å²) in [6, 6.07) is 16.8. The van der Waals surface area contributed by atoms with Gasteiger partial charge in [-0.1, -0.05) is 36.8 Å². The Morgan fingerprint density at radius 1 is 1.07 bits per heavy atom. The van der Waals surface area contributed by atoms with Crippen LogP contribution in [0, 0.1) is 19.8 Å². The summed E-state index contributed by atoms with van der Waals surface area (Å²) in [5, 5.41) is 11.6. The van der Waals surface area contributed by atoms with Gasteiger partial charge in [0.25, 0.3) is 0 Å². The summed E-state index contributed by atoms with van der Waals surface area (Å²) in [5.41, 5.74) is 7.90. The predicted molar refractivity (Wildman–Crippen MR) is 178 cm³/mol. The van der Waals surface area contributed by atoms with Crippen molar-refractivity contribution < 1.29 is 13.2 Å². The molecule has 0 aliphatic carbocycles. The fourth-order valence-corrected chi connectivity index (χ4v) is 7.73. The number of aromatic nitrogens is 5. The monoisotopic (exact) mass is 635 g/mol. The topological polar surface area (TPSA) is 123 Å². The average Bonchev–Trinajstić information content (AvgIpc) is 3.45. The van der Waals surface area contributed by atoms with E-state index in [4.69, 9.17) is 0 Å². The summed E-state index contributed by atoms with van der Waals surface area (Å²) >= 11 is 0. The van der Waals surface area contributed by atoms with Crippen molar-refractivity contribution in [3.05, 3.63) is 113 Å². The first kappa shape index (κ1) is 31.3. The van der Waals surface area contributed by atoms with Crippen LogP contribution >= 0.6 is 0 Å². The smallest absolute Gasteiger partial charge is 0.249 e. The number of sulfonamides is 1. The largest absolute Gasteiger partial charge is 0.321 e. The molecule has 0 saturated heterocycles. The zero-order chi connectivity index (χ0) is 32.4. The molecule has 236 valence electrons. The Morgan fingerprint density at radius 2 is 1.89 bits per heavy atom. The number of hydrogen-bond acceptors (Lipinski definition) is 7. The minimum absolute atomic E-state index is 0.145. The van der Waals surface area contributed by atoms with Crippen LogP contribution in [-0.2, 0) is 34.3 Å². The Labute approximate surface area is 269 Å². The molecule has 3 aromatic heterocycles. The first-order valence-corrected chi connectivity index (χ1v) is 16.9. The summed E-state index contributed by atoms with van der Waals surface area (Å²) in [6.45, 7) is 9.35. The fraction of sp³-hybridized carbons (Fsp3) is 0.286. The van der Waals surface area contributed by atoms with Gasteiger partial charge in [-0.15, -0.1) is 5.10 Å². The molecular weight excluding hydrogens is 598 g/mol. The fourth-order valence-electron chi connectivity index (χ4n) is 6.05. The van der Waals surface area contributed by atoms with Crippen molar-refractivity contribution in [2.24, 2.45) is 5.92 Å². The molecule has 0 radical (unpaired) electrons. The van der Waals surface area contributed by atoms with Crippen molar-refractivity contribution in [2.45, 2.75) is 58.5 Å². The number of nitrogens with one attached hydrogen (secondary N) is 1. The lowest BCUT2D eigenvalue weighted by Gasteiger charge is -2.24. The molecule has 2 aromatic carbocycles. The van der Waals surface area contributed by atoms with Crippen molar-refractivity contribution in [3.8, 4) is 0 Å². The maximum absolute atomic E-state index is 14.0. The van der Waals surface area contributed by atoms with Gasteiger partial charge in [-0.3, -0.25) is 14.8 Å². The number of carbonyl (C=O) groups excluding carboxylic acids is 1. The van der Waals surface area contributed by atoms with Gasteiger partial charge in [0.05, 0.1) is 23.1 Å². The Balaban J connectivity index is 1.44. The van der Waals surface area contributed by atoms with Crippen LogP contribution in [0.25, 0.3) is 16.6 Å². The summed E-state index contributed by atoms with van der Waals surface area (Å²) in [6.07, 6.45) is 7.93. The second-order valence-electron chi connectivity index (χ2n) is 11.7. The highest BCUT2D eigenvalue weighted by molar-refractivity contribution is 7.89. The molecule has 6 rings (SSSR count). The Morgan fingerprint density at radius 3 is 2.65 bits per heavy atom. The van der Waals surface area contributed by atoms with Crippen LogP contribution in [0.5, 0.6) is 0 Å². The molecule has 10 nitrogen and oxygen atoms in total. The third kappa shape index (κ3) is 6.08. The van der Waals surface area contributed by atoms with Crippen LogP contribution in [0.2, 0.25) is 0 Å². The van der Waals surface area contributed by atoms with E-state index < -0.39 is 10.0 Å². The highest BCUT2D eigenvalue weighted by atomic mass is 32.2. The molecule has 0 bridgehead atoms. The summed E-state index contributed by atoms with van der Waals surface area (Å²) in [4.78, 5) is 22.2. The van der Waals surface area contributed by atoms with Gasteiger partial charge in [0.15, 0.2) is 0 Å². The molecule has 1 aliphatic rings. The van der Waals surface area contributed by atoms with Crippen molar-refractivity contribution in [2.75, 3.05) is 11.9 Å². The number of carbonyl (C=O) groups is 1. The number of hydrogen-bond donors (Lipinski definition) is 1. The van der Waals surface area contributed by atoms with E-state index in [1.807, 2.05) is 55.8 Å². The van der Waals surface area contributed by atoms with E-state index in [-0.39, 0.29) is 23.3 Å². The van der Waals surface area contributed by atoms with Gasteiger partial charge in [0, 0.05) is 38.1 Å². The number of amides is 1. The SMILES string of the molecule is CC[C@H]1Cc2ncccc2S(=O)(=O)N(Cc2cc(C(=CC(=O)Nc3cccnc3)c3ccc4c(nnn4CC)c3C)ccc2C)C1. The molecule has 0 unspecified atom stereocenters. The molecular formula is C35H37N7O3S. The first-order valence-electron chi connectivity index (χ1n) is 15.5.